The number of nitrogens with zero attached hydrogens (tertiary/aromatic N) is 2. The second-order valence-electron chi connectivity index (χ2n) is 5.18. The molecule has 2 rings (SSSR count). The molecule has 0 aliphatic carbocycles. The fraction of sp³-hybridized carbons (Fsp3) is 0.533. The van der Waals surface area contributed by atoms with Crippen molar-refractivity contribution in [3.05, 3.63) is 29.8 Å². The summed E-state index contributed by atoms with van der Waals surface area (Å²) < 4.78 is 10.7. The van der Waals surface area contributed by atoms with E-state index in [9.17, 15) is 4.79 Å². The molecule has 1 saturated heterocycles. The molecule has 1 atom stereocenters. The van der Waals surface area contributed by atoms with Gasteiger partial charge in [-0.25, -0.2) is 4.79 Å². The van der Waals surface area contributed by atoms with Crippen LogP contribution < -0.4 is 4.74 Å². The molecule has 5 nitrogen and oxygen atoms in total. The first kappa shape index (κ1) is 17.8. The van der Waals surface area contributed by atoms with Crippen LogP contribution >= 0.6 is 12.4 Å². The van der Waals surface area contributed by atoms with Crippen molar-refractivity contribution in [2.75, 3.05) is 40.4 Å². The zero-order chi connectivity index (χ0) is 14.5. The van der Waals surface area contributed by atoms with Crippen molar-refractivity contribution < 1.29 is 14.3 Å². The number of halogens is 1. The highest BCUT2D eigenvalue weighted by atomic mass is 35.5. The second-order valence-corrected chi connectivity index (χ2v) is 5.18. The van der Waals surface area contributed by atoms with Crippen molar-refractivity contribution in [1.29, 1.82) is 0 Å². The molecular weight excluding hydrogens is 292 g/mol. The van der Waals surface area contributed by atoms with Crippen LogP contribution in [0.1, 0.15) is 18.5 Å². The van der Waals surface area contributed by atoms with Crippen LogP contribution in [0.25, 0.3) is 0 Å². The lowest BCUT2D eigenvalue weighted by Crippen LogP contribution is -2.42. The van der Waals surface area contributed by atoms with Crippen molar-refractivity contribution in [3.63, 3.8) is 0 Å². The molecule has 6 heteroatoms. The quantitative estimate of drug-likeness (QED) is 0.860. The first-order valence-corrected chi connectivity index (χ1v) is 6.89. The highest BCUT2D eigenvalue weighted by Crippen LogP contribution is 2.22. The number of morpholine rings is 1. The van der Waals surface area contributed by atoms with Gasteiger partial charge in [-0.05, 0) is 38.7 Å². The highest BCUT2D eigenvalue weighted by Gasteiger charge is 2.19. The standard InChI is InChI=1S/C15H22N2O3.ClH/c1-12(16(2)3)13-5-4-6-14(11-13)20-15(18)17-7-9-19-10-8-17;/h4-6,11-12H,7-10H2,1-3H3;1H. The Bertz CT molecular complexity index is 462. The number of carbonyl (C=O) groups excluding carboxylic acids is 1. The third-order valence-electron chi connectivity index (χ3n) is 3.59. The van der Waals surface area contributed by atoms with E-state index in [1.165, 1.54) is 0 Å². The molecule has 118 valence electrons. The summed E-state index contributed by atoms with van der Waals surface area (Å²) in [7, 11) is 4.05. The average molecular weight is 315 g/mol. The van der Waals surface area contributed by atoms with Gasteiger partial charge >= 0.3 is 6.09 Å². The van der Waals surface area contributed by atoms with Gasteiger partial charge in [0, 0.05) is 19.1 Å². The van der Waals surface area contributed by atoms with Crippen molar-refractivity contribution >= 4 is 18.5 Å². The fourth-order valence-corrected chi connectivity index (χ4v) is 2.05. The number of rotatable bonds is 3. The third-order valence-corrected chi connectivity index (χ3v) is 3.59. The second kappa shape index (κ2) is 8.22. The van der Waals surface area contributed by atoms with E-state index in [2.05, 4.69) is 11.8 Å². The zero-order valence-corrected chi connectivity index (χ0v) is 13.6. The first-order valence-electron chi connectivity index (χ1n) is 6.89. The minimum absolute atomic E-state index is 0. The smallest absolute Gasteiger partial charge is 0.410 e. The van der Waals surface area contributed by atoms with Crippen LogP contribution in [0.4, 0.5) is 4.79 Å². The molecule has 1 fully saturated rings. The fourth-order valence-electron chi connectivity index (χ4n) is 2.05. The summed E-state index contributed by atoms with van der Waals surface area (Å²) in [6.07, 6.45) is -0.303. The average Bonchev–Trinajstić information content (AvgIpc) is 2.47. The van der Waals surface area contributed by atoms with Gasteiger partial charge in [0.05, 0.1) is 13.2 Å². The Morgan fingerprint density at radius 2 is 2.00 bits per heavy atom. The lowest BCUT2D eigenvalue weighted by atomic mass is 10.1. The van der Waals surface area contributed by atoms with Gasteiger partial charge in [0.1, 0.15) is 5.75 Å². The monoisotopic (exact) mass is 314 g/mol. The van der Waals surface area contributed by atoms with Gasteiger partial charge in [0.15, 0.2) is 0 Å². The normalized spacial score (nSPS) is 16.3. The molecule has 1 unspecified atom stereocenters. The molecule has 1 heterocycles. The van der Waals surface area contributed by atoms with Crippen LogP contribution in [-0.2, 0) is 4.74 Å². The van der Waals surface area contributed by atoms with E-state index < -0.39 is 0 Å². The predicted molar refractivity (Wildman–Crippen MR) is 84.2 cm³/mol. The van der Waals surface area contributed by atoms with Gasteiger partial charge in [-0.15, -0.1) is 12.4 Å². The van der Waals surface area contributed by atoms with E-state index >= 15 is 0 Å². The lowest BCUT2D eigenvalue weighted by molar-refractivity contribution is 0.0416. The Balaban J connectivity index is 0.00000220. The summed E-state index contributed by atoms with van der Waals surface area (Å²) in [4.78, 5) is 15.8. The van der Waals surface area contributed by atoms with Gasteiger partial charge in [-0.1, -0.05) is 12.1 Å². The van der Waals surface area contributed by atoms with E-state index in [4.69, 9.17) is 9.47 Å². The molecule has 0 aromatic heterocycles. The van der Waals surface area contributed by atoms with Gasteiger partial charge in [-0.2, -0.15) is 0 Å². The molecule has 1 aromatic rings. The van der Waals surface area contributed by atoms with Crippen LogP contribution in [0.5, 0.6) is 5.75 Å². The lowest BCUT2D eigenvalue weighted by Gasteiger charge is -2.26. The molecule has 0 spiro atoms. The largest absolute Gasteiger partial charge is 0.415 e. The van der Waals surface area contributed by atoms with Crippen LogP contribution in [0.2, 0.25) is 0 Å². The van der Waals surface area contributed by atoms with Crippen molar-refractivity contribution in [2.24, 2.45) is 0 Å². The van der Waals surface area contributed by atoms with Gasteiger partial charge in [0.25, 0.3) is 0 Å². The minimum Gasteiger partial charge on any atom is -0.410 e. The summed E-state index contributed by atoms with van der Waals surface area (Å²) in [5.41, 5.74) is 1.13. The van der Waals surface area contributed by atoms with Crippen LogP contribution in [0, 0.1) is 0 Å². The molecule has 1 aliphatic rings. The summed E-state index contributed by atoms with van der Waals surface area (Å²) in [6, 6.07) is 7.96. The maximum atomic E-state index is 12.0. The molecule has 21 heavy (non-hydrogen) atoms. The van der Waals surface area contributed by atoms with E-state index in [0.717, 1.165) is 5.56 Å². The number of ether oxygens (including phenoxy) is 2. The SMILES string of the molecule is CC(c1cccc(OC(=O)N2CCOCC2)c1)N(C)C.Cl. The molecule has 1 aliphatic heterocycles. The Kier molecular flexibility index (Phi) is 6.95. The third kappa shape index (κ3) is 4.88. The molecular formula is C15H23ClN2O3. The summed E-state index contributed by atoms with van der Waals surface area (Å²) in [5.74, 6) is 0.590. The highest BCUT2D eigenvalue weighted by molar-refractivity contribution is 5.85. The number of benzene rings is 1. The van der Waals surface area contributed by atoms with Crippen LogP contribution in [0.3, 0.4) is 0 Å². The maximum absolute atomic E-state index is 12.0. The first-order chi connectivity index (χ1) is 9.58. The van der Waals surface area contributed by atoms with Crippen molar-refractivity contribution in [1.82, 2.24) is 9.80 Å². The van der Waals surface area contributed by atoms with E-state index in [1.807, 2.05) is 38.4 Å². The minimum atomic E-state index is -0.303. The number of hydrogen-bond donors (Lipinski definition) is 0. The molecule has 0 radical (unpaired) electrons. The molecule has 0 bridgehead atoms. The van der Waals surface area contributed by atoms with Gasteiger partial charge < -0.3 is 19.3 Å². The topological polar surface area (TPSA) is 42.0 Å². The number of amides is 1. The Hall–Kier alpha value is -1.30. The Morgan fingerprint density at radius 3 is 2.62 bits per heavy atom. The maximum Gasteiger partial charge on any atom is 0.415 e. The Morgan fingerprint density at radius 1 is 1.33 bits per heavy atom. The molecule has 1 amide bonds. The van der Waals surface area contributed by atoms with Crippen molar-refractivity contribution in [2.45, 2.75) is 13.0 Å². The van der Waals surface area contributed by atoms with E-state index in [1.54, 1.807) is 4.90 Å². The van der Waals surface area contributed by atoms with Crippen molar-refractivity contribution in [3.8, 4) is 5.75 Å². The van der Waals surface area contributed by atoms with E-state index in [-0.39, 0.29) is 24.5 Å². The van der Waals surface area contributed by atoms with Crippen LogP contribution in [0.15, 0.2) is 24.3 Å². The summed E-state index contributed by atoms with van der Waals surface area (Å²) in [6.45, 7) is 4.45. The van der Waals surface area contributed by atoms with E-state index in [0.29, 0.717) is 32.1 Å². The number of hydrogen-bond acceptors (Lipinski definition) is 4. The summed E-state index contributed by atoms with van der Waals surface area (Å²) >= 11 is 0. The van der Waals surface area contributed by atoms with Crippen LogP contribution in [-0.4, -0.2) is 56.3 Å². The van der Waals surface area contributed by atoms with Gasteiger partial charge in [0.2, 0.25) is 0 Å². The molecule has 0 N–H and O–H groups in total. The molecule has 1 aromatic carbocycles. The predicted octanol–water partition coefficient (Wildman–Crippen LogP) is 2.56. The Labute approximate surface area is 132 Å². The van der Waals surface area contributed by atoms with Gasteiger partial charge in [-0.3, -0.25) is 0 Å². The number of carbonyl (C=O) groups is 1. The summed E-state index contributed by atoms with van der Waals surface area (Å²) in [5, 5.41) is 0. The molecule has 0 saturated carbocycles. The zero-order valence-electron chi connectivity index (χ0n) is 12.7.